The van der Waals surface area contributed by atoms with E-state index in [0.29, 0.717) is 5.56 Å². The third kappa shape index (κ3) is 3.18. The monoisotopic (exact) mass is 365 g/mol. The van der Waals surface area contributed by atoms with E-state index in [4.69, 9.17) is 9.15 Å². The van der Waals surface area contributed by atoms with Crippen molar-refractivity contribution in [2.75, 3.05) is 6.61 Å². The van der Waals surface area contributed by atoms with E-state index in [1.54, 1.807) is 6.26 Å². The number of aromatic nitrogens is 1. The van der Waals surface area contributed by atoms with Crippen LogP contribution in [0.3, 0.4) is 0 Å². The van der Waals surface area contributed by atoms with Crippen LogP contribution < -0.4 is 0 Å². The molecule has 2 heterocycles. The average molecular weight is 365 g/mol. The van der Waals surface area contributed by atoms with Crippen molar-refractivity contribution in [2.45, 2.75) is 39.5 Å². The zero-order valence-corrected chi connectivity index (χ0v) is 15.9. The lowest BCUT2D eigenvalue weighted by molar-refractivity contribution is -0.141. The molecule has 5 heteroatoms. The highest BCUT2D eigenvalue weighted by Crippen LogP contribution is 2.30. The number of fused-ring (bicyclic) bond motifs is 2. The first kappa shape index (κ1) is 17.6. The molecule has 0 amide bonds. The Morgan fingerprint density at radius 3 is 2.59 bits per heavy atom. The smallest absolute Gasteiger partial charge is 0.310 e. The lowest BCUT2D eigenvalue weighted by Gasteiger charge is -2.05. The van der Waals surface area contributed by atoms with Crippen LogP contribution in [0.1, 0.15) is 44.9 Å². The van der Waals surface area contributed by atoms with Crippen molar-refractivity contribution in [2.24, 2.45) is 7.05 Å². The maximum atomic E-state index is 12.4. The maximum absolute atomic E-state index is 12.4. The molecule has 27 heavy (non-hydrogen) atoms. The number of carbonyl (C=O) groups excluding carboxylic acids is 2. The number of ketones is 1. The summed E-state index contributed by atoms with van der Waals surface area (Å²) < 4.78 is 12.8. The summed E-state index contributed by atoms with van der Waals surface area (Å²) in [6, 6.07) is 6.04. The van der Waals surface area contributed by atoms with Crippen molar-refractivity contribution >= 4 is 22.7 Å². The molecule has 4 rings (SSSR count). The molecule has 0 spiro atoms. The van der Waals surface area contributed by atoms with Gasteiger partial charge in [-0.3, -0.25) is 9.59 Å². The third-order valence-corrected chi connectivity index (χ3v) is 5.64. The lowest BCUT2D eigenvalue weighted by Crippen LogP contribution is -2.16. The fourth-order valence-electron chi connectivity index (χ4n) is 3.85. The zero-order valence-electron chi connectivity index (χ0n) is 15.9. The van der Waals surface area contributed by atoms with E-state index in [0.717, 1.165) is 40.8 Å². The summed E-state index contributed by atoms with van der Waals surface area (Å²) in [4.78, 5) is 24.6. The van der Waals surface area contributed by atoms with Gasteiger partial charge in [-0.25, -0.2) is 0 Å². The second-order valence-corrected chi connectivity index (χ2v) is 7.34. The van der Waals surface area contributed by atoms with Crippen molar-refractivity contribution in [1.29, 1.82) is 0 Å². The van der Waals surface area contributed by atoms with Crippen molar-refractivity contribution in [3.05, 3.63) is 58.1 Å². The fraction of sp³-hybridized carbons (Fsp3) is 0.364. The molecule has 0 fully saturated rings. The van der Waals surface area contributed by atoms with Crippen LogP contribution in [-0.2, 0) is 35.8 Å². The van der Waals surface area contributed by atoms with E-state index in [1.807, 2.05) is 31.5 Å². The summed E-state index contributed by atoms with van der Waals surface area (Å²) in [6.07, 6.45) is 5.05. The van der Waals surface area contributed by atoms with E-state index < -0.39 is 5.97 Å². The van der Waals surface area contributed by atoms with Gasteiger partial charge in [0.1, 0.15) is 5.58 Å². The predicted octanol–water partition coefficient (Wildman–Crippen LogP) is 3.85. The Morgan fingerprint density at radius 2 is 1.89 bits per heavy atom. The normalized spacial score (nSPS) is 13.1. The van der Waals surface area contributed by atoms with Crippen molar-refractivity contribution < 1.29 is 18.7 Å². The predicted molar refractivity (Wildman–Crippen MR) is 102 cm³/mol. The number of benzene rings is 1. The Hall–Kier alpha value is -2.82. The lowest BCUT2D eigenvalue weighted by atomic mass is 10.0. The second kappa shape index (κ2) is 6.72. The maximum Gasteiger partial charge on any atom is 0.310 e. The number of nitrogens with zero attached hydrogens (tertiary/aromatic N) is 1. The summed E-state index contributed by atoms with van der Waals surface area (Å²) >= 11 is 0. The summed E-state index contributed by atoms with van der Waals surface area (Å²) in [7, 11) is 1.91. The van der Waals surface area contributed by atoms with E-state index >= 15 is 0 Å². The van der Waals surface area contributed by atoms with Crippen molar-refractivity contribution in [3.8, 4) is 0 Å². The van der Waals surface area contributed by atoms with Gasteiger partial charge in [-0.05, 0) is 62.4 Å². The number of furan rings is 1. The van der Waals surface area contributed by atoms with Crippen LogP contribution in [0.5, 0.6) is 0 Å². The van der Waals surface area contributed by atoms with Gasteiger partial charge in [-0.2, -0.15) is 0 Å². The Bertz CT molecular complexity index is 1050. The zero-order chi connectivity index (χ0) is 19.1. The number of carbonyl (C=O) groups is 2. The van der Waals surface area contributed by atoms with Crippen molar-refractivity contribution in [1.82, 2.24) is 4.57 Å². The molecule has 0 N–H and O–H groups in total. The highest BCUT2D eigenvalue weighted by atomic mass is 16.5. The van der Waals surface area contributed by atoms with Crippen LogP contribution in [0.4, 0.5) is 0 Å². The fourth-order valence-corrected chi connectivity index (χ4v) is 3.85. The van der Waals surface area contributed by atoms with Gasteiger partial charge in [0.2, 0.25) is 5.78 Å². The van der Waals surface area contributed by atoms with Gasteiger partial charge < -0.3 is 13.7 Å². The van der Waals surface area contributed by atoms with E-state index in [2.05, 4.69) is 12.1 Å². The molecule has 0 radical (unpaired) electrons. The minimum atomic E-state index is -0.420. The summed E-state index contributed by atoms with van der Waals surface area (Å²) in [6.45, 7) is 3.59. The Labute approximate surface area is 157 Å². The summed E-state index contributed by atoms with van der Waals surface area (Å²) in [5, 5.41) is 0.966. The number of aryl methyl sites for hydroxylation is 3. The first-order valence-corrected chi connectivity index (χ1v) is 9.27. The van der Waals surface area contributed by atoms with Crippen LogP contribution in [-0.4, -0.2) is 22.9 Å². The number of Topliss-reactive ketones (excluding diaryl/α,β-unsaturated/α-hetero) is 1. The highest BCUT2D eigenvalue weighted by molar-refractivity contribution is 5.99. The molecule has 1 aromatic carbocycles. The molecule has 0 aliphatic heterocycles. The molecule has 2 aromatic heterocycles. The Balaban J connectivity index is 1.43. The molecular weight excluding hydrogens is 342 g/mol. The number of hydrogen-bond donors (Lipinski definition) is 0. The molecule has 0 saturated carbocycles. The molecule has 5 nitrogen and oxygen atoms in total. The van der Waals surface area contributed by atoms with Crippen LogP contribution in [0.15, 0.2) is 28.9 Å². The first-order valence-electron chi connectivity index (χ1n) is 9.27. The van der Waals surface area contributed by atoms with Crippen molar-refractivity contribution in [3.63, 3.8) is 0 Å². The van der Waals surface area contributed by atoms with Crippen LogP contribution in [0.2, 0.25) is 0 Å². The van der Waals surface area contributed by atoms with Gasteiger partial charge >= 0.3 is 5.97 Å². The molecule has 0 atom stereocenters. The highest BCUT2D eigenvalue weighted by Gasteiger charge is 2.19. The number of esters is 1. The molecular formula is C22H23NO4. The van der Waals surface area contributed by atoms with E-state index in [9.17, 15) is 9.59 Å². The Morgan fingerprint density at radius 1 is 1.15 bits per heavy atom. The van der Waals surface area contributed by atoms with Gasteiger partial charge in [-0.1, -0.05) is 0 Å². The van der Waals surface area contributed by atoms with Gasteiger partial charge in [0.15, 0.2) is 6.61 Å². The van der Waals surface area contributed by atoms with Gasteiger partial charge in [0.25, 0.3) is 0 Å². The van der Waals surface area contributed by atoms with Gasteiger partial charge in [-0.15, -0.1) is 0 Å². The molecule has 0 bridgehead atoms. The van der Waals surface area contributed by atoms with Crippen LogP contribution >= 0.6 is 0 Å². The number of rotatable bonds is 5. The largest absolute Gasteiger partial charge is 0.464 e. The molecule has 140 valence electrons. The quantitative estimate of drug-likeness (QED) is 0.509. The van der Waals surface area contributed by atoms with Gasteiger partial charge in [0, 0.05) is 34.9 Å². The molecule has 0 unspecified atom stereocenters. The minimum absolute atomic E-state index is 0.103. The van der Waals surface area contributed by atoms with Gasteiger partial charge in [0.05, 0.1) is 12.7 Å². The number of hydrogen-bond acceptors (Lipinski definition) is 4. The topological polar surface area (TPSA) is 61.4 Å². The SMILES string of the molecule is Cc1cc(C(=O)COC(=O)Cc2coc3cc4c(cc23)CCC4)c(C)n1C. The summed E-state index contributed by atoms with van der Waals surface area (Å²) in [5.74, 6) is -0.601. The van der Waals surface area contributed by atoms with Crippen LogP contribution in [0.25, 0.3) is 11.0 Å². The average Bonchev–Trinajstić information content (AvgIpc) is 3.33. The van der Waals surface area contributed by atoms with E-state index in [-0.39, 0.29) is 18.8 Å². The minimum Gasteiger partial charge on any atom is -0.464 e. The number of ether oxygens (including phenoxy) is 1. The molecule has 1 aliphatic rings. The third-order valence-electron chi connectivity index (χ3n) is 5.64. The molecule has 0 saturated heterocycles. The summed E-state index contributed by atoms with van der Waals surface area (Å²) in [5.41, 5.74) is 6.78. The Kier molecular flexibility index (Phi) is 4.38. The van der Waals surface area contributed by atoms with E-state index in [1.165, 1.54) is 17.5 Å². The molecule has 3 aromatic rings. The second-order valence-electron chi connectivity index (χ2n) is 7.34. The standard InChI is InChI=1S/C22H23NO4/c1-13-7-18(14(2)23(13)3)20(24)12-27-22(25)10-17-11-26-21-9-16-6-4-5-15(16)8-19(17)21/h7-9,11H,4-6,10,12H2,1-3H3. The first-order chi connectivity index (χ1) is 12.9. The molecule has 1 aliphatic carbocycles. The van der Waals surface area contributed by atoms with Crippen LogP contribution in [0, 0.1) is 13.8 Å².